The standard InChI is InChI=1S/C15H24N2O2/c18-11-7-10-8-17-13(4-1-5-14(17)19)12-3-2-6-16(9-11)15(10)12/h10-13,15,18H,1-9H2/t10-,11-,12-,13-,15+/m1/s1. The number of hydrogen-bond acceptors (Lipinski definition) is 3. The molecule has 4 saturated heterocycles. The minimum absolute atomic E-state index is 0.184. The number of aliphatic hydroxyl groups excluding tert-OH is 1. The Balaban J connectivity index is 1.65. The number of amides is 1. The van der Waals surface area contributed by atoms with Gasteiger partial charge in [0.15, 0.2) is 0 Å². The van der Waals surface area contributed by atoms with Gasteiger partial charge in [-0.05, 0) is 50.5 Å². The highest BCUT2D eigenvalue weighted by atomic mass is 16.3. The van der Waals surface area contributed by atoms with E-state index in [4.69, 9.17) is 0 Å². The molecule has 4 aliphatic rings. The summed E-state index contributed by atoms with van der Waals surface area (Å²) in [6.45, 7) is 2.91. The van der Waals surface area contributed by atoms with E-state index in [9.17, 15) is 9.90 Å². The van der Waals surface area contributed by atoms with Crippen LogP contribution < -0.4 is 0 Å². The summed E-state index contributed by atoms with van der Waals surface area (Å²) in [4.78, 5) is 16.9. The van der Waals surface area contributed by atoms with Crippen molar-refractivity contribution in [3.63, 3.8) is 0 Å². The molecule has 4 nitrogen and oxygen atoms in total. The molecule has 0 spiro atoms. The molecule has 4 fully saturated rings. The topological polar surface area (TPSA) is 43.8 Å². The van der Waals surface area contributed by atoms with Gasteiger partial charge in [-0.1, -0.05) is 0 Å². The van der Waals surface area contributed by atoms with Gasteiger partial charge in [-0.15, -0.1) is 0 Å². The van der Waals surface area contributed by atoms with Crippen molar-refractivity contribution >= 4 is 5.91 Å². The Labute approximate surface area is 114 Å². The highest BCUT2D eigenvalue weighted by Crippen LogP contribution is 2.44. The van der Waals surface area contributed by atoms with Gasteiger partial charge in [0.05, 0.1) is 6.10 Å². The summed E-state index contributed by atoms with van der Waals surface area (Å²) in [6.07, 6.45) is 6.26. The molecule has 0 unspecified atom stereocenters. The second-order valence-electron chi connectivity index (χ2n) is 6.95. The number of fused-ring (bicyclic) bond motifs is 2. The van der Waals surface area contributed by atoms with Crippen LogP contribution in [-0.2, 0) is 4.79 Å². The highest BCUT2D eigenvalue weighted by molar-refractivity contribution is 5.77. The zero-order chi connectivity index (χ0) is 13.0. The molecule has 0 bridgehead atoms. The maximum Gasteiger partial charge on any atom is 0.222 e. The highest BCUT2D eigenvalue weighted by Gasteiger charge is 2.51. The monoisotopic (exact) mass is 264 g/mol. The van der Waals surface area contributed by atoms with Crippen LogP contribution >= 0.6 is 0 Å². The van der Waals surface area contributed by atoms with Gasteiger partial charge in [-0.2, -0.15) is 0 Å². The van der Waals surface area contributed by atoms with Crippen LogP contribution in [-0.4, -0.2) is 58.6 Å². The van der Waals surface area contributed by atoms with Crippen molar-refractivity contribution in [2.45, 2.75) is 56.7 Å². The van der Waals surface area contributed by atoms with Gasteiger partial charge in [-0.25, -0.2) is 0 Å². The Morgan fingerprint density at radius 1 is 1.16 bits per heavy atom. The maximum atomic E-state index is 12.2. The largest absolute Gasteiger partial charge is 0.392 e. The lowest BCUT2D eigenvalue weighted by Gasteiger charge is -2.59. The van der Waals surface area contributed by atoms with E-state index < -0.39 is 0 Å². The normalized spacial score (nSPS) is 46.7. The van der Waals surface area contributed by atoms with Crippen molar-refractivity contribution < 1.29 is 9.90 Å². The Morgan fingerprint density at radius 2 is 2.05 bits per heavy atom. The molecule has 19 heavy (non-hydrogen) atoms. The number of carbonyl (C=O) groups excluding carboxylic acids is 1. The summed E-state index contributed by atoms with van der Waals surface area (Å²) in [5, 5.41) is 10.1. The van der Waals surface area contributed by atoms with Crippen LogP contribution in [0, 0.1) is 11.8 Å². The lowest BCUT2D eigenvalue weighted by atomic mass is 9.67. The van der Waals surface area contributed by atoms with E-state index in [-0.39, 0.29) is 6.10 Å². The molecule has 4 aliphatic heterocycles. The zero-order valence-corrected chi connectivity index (χ0v) is 11.5. The molecule has 1 N–H and O–H groups in total. The molecule has 0 aliphatic carbocycles. The van der Waals surface area contributed by atoms with Gasteiger partial charge in [0, 0.05) is 31.6 Å². The molecule has 0 aromatic heterocycles. The van der Waals surface area contributed by atoms with E-state index in [0.717, 1.165) is 38.9 Å². The molecule has 4 heterocycles. The molecule has 5 atom stereocenters. The first-order chi connectivity index (χ1) is 9.24. The third-order valence-corrected chi connectivity index (χ3v) is 5.88. The van der Waals surface area contributed by atoms with Gasteiger partial charge in [0.2, 0.25) is 5.91 Å². The van der Waals surface area contributed by atoms with Crippen LogP contribution in [0.5, 0.6) is 0 Å². The van der Waals surface area contributed by atoms with E-state index in [1.165, 1.54) is 19.3 Å². The predicted molar refractivity (Wildman–Crippen MR) is 71.6 cm³/mol. The van der Waals surface area contributed by atoms with Crippen LogP contribution in [0.1, 0.15) is 38.5 Å². The number of piperidine rings is 4. The van der Waals surface area contributed by atoms with Crippen LogP contribution in [0.4, 0.5) is 0 Å². The molecular formula is C15H24N2O2. The maximum absolute atomic E-state index is 12.2. The van der Waals surface area contributed by atoms with Crippen LogP contribution in [0.3, 0.4) is 0 Å². The van der Waals surface area contributed by atoms with Gasteiger partial charge < -0.3 is 10.0 Å². The first-order valence-electron chi connectivity index (χ1n) is 7.95. The smallest absolute Gasteiger partial charge is 0.222 e. The summed E-state index contributed by atoms with van der Waals surface area (Å²) in [5.74, 6) is 1.54. The Kier molecular flexibility index (Phi) is 2.85. The van der Waals surface area contributed by atoms with Crippen molar-refractivity contribution in [2.24, 2.45) is 11.8 Å². The minimum atomic E-state index is -0.184. The fraction of sp³-hybridized carbons (Fsp3) is 0.933. The quantitative estimate of drug-likeness (QED) is 0.705. The molecule has 1 amide bonds. The zero-order valence-electron chi connectivity index (χ0n) is 11.5. The number of nitrogens with zero attached hydrogens (tertiary/aromatic N) is 2. The minimum Gasteiger partial charge on any atom is -0.392 e. The van der Waals surface area contributed by atoms with Crippen LogP contribution in [0.2, 0.25) is 0 Å². The van der Waals surface area contributed by atoms with E-state index >= 15 is 0 Å². The Morgan fingerprint density at radius 3 is 2.95 bits per heavy atom. The first-order valence-corrected chi connectivity index (χ1v) is 7.95. The van der Waals surface area contributed by atoms with Gasteiger partial charge >= 0.3 is 0 Å². The Bertz CT molecular complexity index is 386. The first kappa shape index (κ1) is 12.2. The van der Waals surface area contributed by atoms with E-state index in [1.54, 1.807) is 0 Å². The molecule has 0 aromatic carbocycles. The van der Waals surface area contributed by atoms with Crippen molar-refractivity contribution in [2.75, 3.05) is 19.6 Å². The van der Waals surface area contributed by atoms with E-state index in [2.05, 4.69) is 9.80 Å². The molecule has 0 saturated carbocycles. The fourth-order valence-corrected chi connectivity index (χ4v) is 5.30. The second kappa shape index (κ2) is 4.45. The second-order valence-corrected chi connectivity index (χ2v) is 6.95. The van der Waals surface area contributed by atoms with Crippen molar-refractivity contribution in [1.29, 1.82) is 0 Å². The number of carbonyl (C=O) groups is 1. The van der Waals surface area contributed by atoms with E-state index in [1.807, 2.05) is 0 Å². The number of aliphatic hydroxyl groups is 1. The summed E-state index contributed by atoms with van der Waals surface area (Å²) in [7, 11) is 0. The summed E-state index contributed by atoms with van der Waals surface area (Å²) in [6, 6.07) is 1.14. The van der Waals surface area contributed by atoms with Crippen LogP contribution in [0.15, 0.2) is 0 Å². The number of rotatable bonds is 0. The average Bonchev–Trinajstić information content (AvgIpc) is 2.40. The number of hydrogen-bond donors (Lipinski definition) is 1. The Hall–Kier alpha value is -0.610. The molecule has 4 rings (SSSR count). The third-order valence-electron chi connectivity index (χ3n) is 5.88. The van der Waals surface area contributed by atoms with Crippen molar-refractivity contribution in [1.82, 2.24) is 9.80 Å². The SMILES string of the molecule is O=C1CCC[C@@H]2[C@H]3CCCN4C[C@H](O)C[C@H](CN12)[C@@H]34. The lowest BCUT2D eigenvalue weighted by Crippen LogP contribution is -2.68. The molecule has 0 radical (unpaired) electrons. The van der Waals surface area contributed by atoms with E-state index in [0.29, 0.717) is 29.8 Å². The molecule has 106 valence electrons. The van der Waals surface area contributed by atoms with Gasteiger partial charge in [0.1, 0.15) is 0 Å². The fourth-order valence-electron chi connectivity index (χ4n) is 5.30. The molecule has 4 heteroatoms. The lowest BCUT2D eigenvalue weighted by molar-refractivity contribution is -0.155. The average molecular weight is 264 g/mol. The predicted octanol–water partition coefficient (Wildman–Crippen LogP) is 0.842. The summed E-state index contributed by atoms with van der Waals surface area (Å²) < 4.78 is 0. The third kappa shape index (κ3) is 1.83. The summed E-state index contributed by atoms with van der Waals surface area (Å²) in [5.41, 5.74) is 0. The van der Waals surface area contributed by atoms with Crippen LogP contribution in [0.25, 0.3) is 0 Å². The van der Waals surface area contributed by atoms with Gasteiger partial charge in [-0.3, -0.25) is 9.69 Å². The van der Waals surface area contributed by atoms with Crippen molar-refractivity contribution in [3.05, 3.63) is 0 Å². The summed E-state index contributed by atoms with van der Waals surface area (Å²) >= 11 is 0. The molecule has 0 aromatic rings. The van der Waals surface area contributed by atoms with Gasteiger partial charge in [0.25, 0.3) is 0 Å². The van der Waals surface area contributed by atoms with Crippen molar-refractivity contribution in [3.8, 4) is 0 Å². The molecular weight excluding hydrogens is 240 g/mol.